The van der Waals surface area contributed by atoms with Crippen LogP contribution in [0.4, 0.5) is 13.2 Å². The molecule has 1 rings (SSSR count). The summed E-state index contributed by atoms with van der Waals surface area (Å²) in [5.41, 5.74) is -2.01. The van der Waals surface area contributed by atoms with Crippen molar-refractivity contribution < 1.29 is 33.0 Å². The summed E-state index contributed by atoms with van der Waals surface area (Å²) in [6.45, 7) is 0. The molecule has 0 saturated heterocycles. The average Bonchev–Trinajstić information content (AvgIpc) is 2.47. The van der Waals surface area contributed by atoms with Gasteiger partial charge in [0.2, 0.25) is 0 Å². The van der Waals surface area contributed by atoms with Crippen molar-refractivity contribution in [2.24, 2.45) is 0 Å². The molecule has 0 aromatic rings. The standard InChI is InChI=1S/C8H10F3NO4/c9-8(10,11)5(14)12-7(6(15)16)2-1-4(13)3-7/h4,13H,1-3H2,(H,12,14)(H,15,16)/t4-,7+/m1/s1. The number of hydrogen-bond acceptors (Lipinski definition) is 3. The maximum absolute atomic E-state index is 12.0. The van der Waals surface area contributed by atoms with Crippen molar-refractivity contribution in [1.29, 1.82) is 0 Å². The van der Waals surface area contributed by atoms with E-state index in [4.69, 9.17) is 10.2 Å². The largest absolute Gasteiger partial charge is 0.480 e. The van der Waals surface area contributed by atoms with Gasteiger partial charge in [-0.3, -0.25) is 4.79 Å². The van der Waals surface area contributed by atoms with E-state index in [2.05, 4.69) is 0 Å². The molecule has 1 aliphatic rings. The van der Waals surface area contributed by atoms with E-state index in [0.717, 1.165) is 0 Å². The molecule has 0 aliphatic heterocycles. The average molecular weight is 241 g/mol. The molecule has 0 unspecified atom stereocenters. The molecule has 2 atom stereocenters. The Labute approximate surface area is 88.2 Å². The predicted octanol–water partition coefficient (Wildman–Crippen LogP) is 0.0331. The zero-order valence-electron chi connectivity index (χ0n) is 8.04. The molecular weight excluding hydrogens is 231 g/mol. The first-order valence-electron chi connectivity index (χ1n) is 4.48. The van der Waals surface area contributed by atoms with Gasteiger partial charge < -0.3 is 15.5 Å². The van der Waals surface area contributed by atoms with Crippen LogP contribution in [0.1, 0.15) is 19.3 Å². The molecule has 0 heterocycles. The molecule has 0 spiro atoms. The predicted molar refractivity (Wildman–Crippen MR) is 44.4 cm³/mol. The molecule has 0 aromatic heterocycles. The van der Waals surface area contributed by atoms with Crippen molar-refractivity contribution in [3.63, 3.8) is 0 Å². The van der Waals surface area contributed by atoms with Gasteiger partial charge in [-0.05, 0) is 12.8 Å². The third-order valence-electron chi connectivity index (χ3n) is 2.51. The second-order valence-electron chi connectivity index (χ2n) is 3.74. The van der Waals surface area contributed by atoms with Crippen LogP contribution < -0.4 is 5.32 Å². The highest BCUT2D eigenvalue weighted by molar-refractivity contribution is 5.89. The first kappa shape index (κ1) is 12.8. The molecule has 92 valence electrons. The smallest absolute Gasteiger partial charge is 0.471 e. The number of carbonyl (C=O) groups excluding carboxylic acids is 1. The summed E-state index contributed by atoms with van der Waals surface area (Å²) in [5.74, 6) is -3.87. The summed E-state index contributed by atoms with van der Waals surface area (Å²) in [5, 5.41) is 19.4. The number of hydrogen-bond donors (Lipinski definition) is 3. The number of amides is 1. The van der Waals surface area contributed by atoms with Crippen molar-refractivity contribution in [3.05, 3.63) is 0 Å². The summed E-state index contributed by atoms with van der Waals surface area (Å²) < 4.78 is 35.9. The zero-order chi connectivity index (χ0) is 12.6. The van der Waals surface area contributed by atoms with E-state index in [1.54, 1.807) is 0 Å². The first-order chi connectivity index (χ1) is 7.17. The SMILES string of the molecule is O=C(N[C@@]1(C(=O)O)CC[C@@H](O)C1)C(F)(F)F. The molecule has 0 aromatic carbocycles. The highest BCUT2D eigenvalue weighted by Gasteiger charge is 2.51. The Balaban J connectivity index is 2.82. The Morgan fingerprint density at radius 3 is 2.25 bits per heavy atom. The van der Waals surface area contributed by atoms with Crippen molar-refractivity contribution in [3.8, 4) is 0 Å². The van der Waals surface area contributed by atoms with Crippen molar-refractivity contribution in [2.45, 2.75) is 37.1 Å². The maximum Gasteiger partial charge on any atom is 0.471 e. The zero-order valence-corrected chi connectivity index (χ0v) is 8.04. The number of carboxylic acids is 1. The Morgan fingerprint density at radius 2 is 1.94 bits per heavy atom. The number of aliphatic hydroxyl groups is 1. The summed E-state index contributed by atoms with van der Waals surface area (Å²) in [6, 6.07) is 0. The molecular formula is C8H10F3NO4. The number of rotatable bonds is 2. The molecule has 1 fully saturated rings. The van der Waals surface area contributed by atoms with E-state index < -0.39 is 36.1 Å². The number of halogens is 3. The number of carboxylic acid groups (broad SMARTS) is 1. The summed E-state index contributed by atoms with van der Waals surface area (Å²) in [6.07, 6.45) is -6.72. The van der Waals surface area contributed by atoms with Crippen LogP contribution in [-0.4, -0.2) is 39.9 Å². The second kappa shape index (κ2) is 3.93. The number of aliphatic hydroxyl groups excluding tert-OH is 1. The summed E-state index contributed by atoms with van der Waals surface area (Å²) in [4.78, 5) is 21.5. The van der Waals surface area contributed by atoms with E-state index >= 15 is 0 Å². The van der Waals surface area contributed by atoms with Crippen molar-refractivity contribution >= 4 is 11.9 Å². The molecule has 16 heavy (non-hydrogen) atoms. The lowest BCUT2D eigenvalue weighted by Crippen LogP contribution is -2.56. The molecule has 3 N–H and O–H groups in total. The van der Waals surface area contributed by atoms with Gasteiger partial charge in [0.15, 0.2) is 0 Å². The fourth-order valence-corrected chi connectivity index (χ4v) is 1.67. The van der Waals surface area contributed by atoms with E-state index in [0.29, 0.717) is 0 Å². The maximum atomic E-state index is 12.0. The Bertz CT molecular complexity index is 317. The number of alkyl halides is 3. The molecule has 0 bridgehead atoms. The van der Waals surface area contributed by atoms with Crippen LogP contribution in [0.3, 0.4) is 0 Å². The second-order valence-corrected chi connectivity index (χ2v) is 3.74. The number of nitrogens with one attached hydrogen (secondary N) is 1. The molecule has 1 amide bonds. The van der Waals surface area contributed by atoms with Crippen LogP contribution in [0.2, 0.25) is 0 Å². The Kier molecular flexibility index (Phi) is 3.13. The van der Waals surface area contributed by atoms with E-state index in [9.17, 15) is 22.8 Å². The number of carbonyl (C=O) groups is 2. The van der Waals surface area contributed by atoms with Gasteiger partial charge in [0, 0.05) is 6.42 Å². The van der Waals surface area contributed by atoms with Gasteiger partial charge >= 0.3 is 18.1 Å². The Morgan fingerprint density at radius 1 is 1.38 bits per heavy atom. The number of aliphatic carboxylic acids is 1. The van der Waals surface area contributed by atoms with E-state index in [1.807, 2.05) is 0 Å². The van der Waals surface area contributed by atoms with Crippen molar-refractivity contribution in [2.75, 3.05) is 0 Å². The molecule has 1 aliphatic carbocycles. The summed E-state index contributed by atoms with van der Waals surface area (Å²) in [7, 11) is 0. The first-order valence-corrected chi connectivity index (χ1v) is 4.48. The fraction of sp³-hybridized carbons (Fsp3) is 0.750. The molecule has 5 nitrogen and oxygen atoms in total. The minimum absolute atomic E-state index is 0.0461. The van der Waals surface area contributed by atoms with Crippen LogP contribution in [-0.2, 0) is 9.59 Å². The van der Waals surface area contributed by atoms with Crippen molar-refractivity contribution in [1.82, 2.24) is 5.32 Å². The summed E-state index contributed by atoms with van der Waals surface area (Å²) >= 11 is 0. The van der Waals surface area contributed by atoms with Crippen LogP contribution in [0.15, 0.2) is 0 Å². The van der Waals surface area contributed by atoms with Gasteiger partial charge in [-0.15, -0.1) is 0 Å². The highest BCUT2D eigenvalue weighted by Crippen LogP contribution is 2.31. The van der Waals surface area contributed by atoms with Gasteiger partial charge in [0.25, 0.3) is 0 Å². The van der Waals surface area contributed by atoms with Gasteiger partial charge in [-0.2, -0.15) is 13.2 Å². The van der Waals surface area contributed by atoms with Crippen LogP contribution in [0.5, 0.6) is 0 Å². The van der Waals surface area contributed by atoms with E-state index in [-0.39, 0.29) is 12.8 Å². The van der Waals surface area contributed by atoms with Gasteiger partial charge in [-0.1, -0.05) is 0 Å². The van der Waals surface area contributed by atoms with Gasteiger partial charge in [-0.25, -0.2) is 4.79 Å². The lowest BCUT2D eigenvalue weighted by atomic mass is 9.97. The minimum atomic E-state index is -5.13. The molecule has 8 heteroatoms. The highest BCUT2D eigenvalue weighted by atomic mass is 19.4. The lowest BCUT2D eigenvalue weighted by molar-refractivity contribution is -0.177. The van der Waals surface area contributed by atoms with Crippen LogP contribution >= 0.6 is 0 Å². The normalized spacial score (nSPS) is 30.1. The molecule has 0 radical (unpaired) electrons. The monoisotopic (exact) mass is 241 g/mol. The van der Waals surface area contributed by atoms with Gasteiger partial charge in [0.1, 0.15) is 5.54 Å². The topological polar surface area (TPSA) is 86.6 Å². The lowest BCUT2D eigenvalue weighted by Gasteiger charge is -2.25. The van der Waals surface area contributed by atoms with Gasteiger partial charge in [0.05, 0.1) is 6.10 Å². The third-order valence-corrected chi connectivity index (χ3v) is 2.51. The molecule has 1 saturated carbocycles. The fourth-order valence-electron chi connectivity index (χ4n) is 1.67. The Hall–Kier alpha value is -1.31. The quantitative estimate of drug-likeness (QED) is 0.636. The third kappa shape index (κ3) is 2.43. The van der Waals surface area contributed by atoms with E-state index in [1.165, 1.54) is 5.32 Å². The van der Waals surface area contributed by atoms with Crippen LogP contribution in [0.25, 0.3) is 0 Å². The minimum Gasteiger partial charge on any atom is -0.480 e. The van der Waals surface area contributed by atoms with Crippen LogP contribution in [0, 0.1) is 0 Å².